The van der Waals surface area contributed by atoms with Gasteiger partial charge in [0.25, 0.3) is 0 Å². The van der Waals surface area contributed by atoms with Gasteiger partial charge in [-0.3, -0.25) is 14.3 Å². The lowest BCUT2D eigenvalue weighted by Gasteiger charge is -2.40. The highest BCUT2D eigenvalue weighted by molar-refractivity contribution is 6.30. The van der Waals surface area contributed by atoms with E-state index in [4.69, 9.17) is 11.6 Å². The number of carbonyl (C=O) groups is 1. The van der Waals surface area contributed by atoms with Crippen molar-refractivity contribution in [2.75, 3.05) is 36.4 Å². The molecular formula is C21H24ClN5O2. The van der Waals surface area contributed by atoms with Gasteiger partial charge in [-0.2, -0.15) is 0 Å². The second-order valence-corrected chi connectivity index (χ2v) is 7.95. The van der Waals surface area contributed by atoms with Crippen molar-refractivity contribution in [1.29, 1.82) is 0 Å². The number of benzene rings is 2. The van der Waals surface area contributed by atoms with Gasteiger partial charge in [0.1, 0.15) is 0 Å². The number of hydrogen-bond donors (Lipinski definition) is 2. The van der Waals surface area contributed by atoms with Crippen LogP contribution in [0.25, 0.3) is 11.0 Å². The summed E-state index contributed by atoms with van der Waals surface area (Å²) < 4.78 is 1.53. The fraction of sp³-hybridized carbons (Fsp3) is 0.333. The fourth-order valence-corrected chi connectivity index (χ4v) is 3.93. The Morgan fingerprint density at radius 1 is 1.21 bits per heavy atom. The average molecular weight is 414 g/mol. The second-order valence-electron chi connectivity index (χ2n) is 7.51. The van der Waals surface area contributed by atoms with Crippen LogP contribution in [-0.2, 0) is 11.8 Å². The number of H-pyrrole nitrogens is 1. The molecule has 1 atom stereocenters. The summed E-state index contributed by atoms with van der Waals surface area (Å²) in [6.07, 6.45) is 0. The molecule has 0 aliphatic carbocycles. The third kappa shape index (κ3) is 4.16. The Morgan fingerprint density at radius 3 is 2.69 bits per heavy atom. The Bertz CT molecular complexity index is 1090. The van der Waals surface area contributed by atoms with E-state index in [1.165, 1.54) is 4.57 Å². The predicted octanol–water partition coefficient (Wildman–Crippen LogP) is 2.67. The molecule has 0 spiro atoms. The van der Waals surface area contributed by atoms with Crippen molar-refractivity contribution in [3.05, 3.63) is 58.0 Å². The van der Waals surface area contributed by atoms with Crippen LogP contribution in [-0.4, -0.2) is 52.6 Å². The number of carbonyl (C=O) groups excluding carboxylic acids is 1. The van der Waals surface area contributed by atoms with Gasteiger partial charge in [0.2, 0.25) is 5.91 Å². The second kappa shape index (κ2) is 7.93. The van der Waals surface area contributed by atoms with Crippen LogP contribution in [0, 0.1) is 0 Å². The molecular weight excluding hydrogens is 390 g/mol. The van der Waals surface area contributed by atoms with Gasteiger partial charge < -0.3 is 15.2 Å². The maximum atomic E-state index is 12.6. The molecule has 7 nitrogen and oxygen atoms in total. The highest BCUT2D eigenvalue weighted by atomic mass is 35.5. The lowest BCUT2D eigenvalue weighted by Crippen LogP contribution is -2.53. The number of amides is 1. The van der Waals surface area contributed by atoms with Gasteiger partial charge >= 0.3 is 5.69 Å². The van der Waals surface area contributed by atoms with Crippen LogP contribution in [0.3, 0.4) is 0 Å². The van der Waals surface area contributed by atoms with Gasteiger partial charge in [-0.25, -0.2) is 4.79 Å². The van der Waals surface area contributed by atoms with E-state index in [9.17, 15) is 9.59 Å². The topological polar surface area (TPSA) is 73.4 Å². The van der Waals surface area contributed by atoms with Crippen molar-refractivity contribution in [3.63, 3.8) is 0 Å². The summed E-state index contributed by atoms with van der Waals surface area (Å²) >= 11 is 5.98. The molecule has 0 bridgehead atoms. The number of nitrogens with one attached hydrogen (secondary N) is 2. The van der Waals surface area contributed by atoms with Gasteiger partial charge in [-0.1, -0.05) is 11.6 Å². The summed E-state index contributed by atoms with van der Waals surface area (Å²) in [6, 6.07) is 13.5. The molecule has 2 N–H and O–H groups in total. The highest BCUT2D eigenvalue weighted by Crippen LogP contribution is 2.22. The molecule has 1 aliphatic rings. The van der Waals surface area contributed by atoms with Crippen LogP contribution in [0.5, 0.6) is 0 Å². The molecule has 1 aliphatic heterocycles. The normalized spacial score (nSPS) is 17.6. The molecule has 0 saturated carbocycles. The quantitative estimate of drug-likeness (QED) is 0.689. The molecule has 3 aromatic rings. The molecule has 4 rings (SSSR count). The molecule has 1 aromatic heterocycles. The van der Waals surface area contributed by atoms with Crippen LogP contribution in [0.1, 0.15) is 6.92 Å². The van der Waals surface area contributed by atoms with Crippen molar-refractivity contribution >= 4 is 39.9 Å². The zero-order chi connectivity index (χ0) is 20.5. The van der Waals surface area contributed by atoms with Gasteiger partial charge in [0.05, 0.1) is 17.6 Å². The van der Waals surface area contributed by atoms with Gasteiger partial charge in [0, 0.05) is 49.1 Å². The molecule has 8 heteroatoms. The van der Waals surface area contributed by atoms with Gasteiger partial charge in [0.15, 0.2) is 0 Å². The number of aryl methyl sites for hydroxylation is 1. The smallest absolute Gasteiger partial charge is 0.326 e. The molecule has 29 heavy (non-hydrogen) atoms. The number of hydrogen-bond acceptors (Lipinski definition) is 4. The van der Waals surface area contributed by atoms with E-state index in [0.29, 0.717) is 12.2 Å². The number of fused-ring (bicyclic) bond motifs is 1. The SMILES string of the molecule is C[C@@H]1CN(c2ccc(Cl)cc2)CCN1CC(=O)Nc1ccc2[nH]c(=O)n(C)c2c1. The van der Waals surface area contributed by atoms with Crippen molar-refractivity contribution < 1.29 is 4.79 Å². The Kier molecular flexibility index (Phi) is 5.34. The Labute approximate surface area is 173 Å². The minimum absolute atomic E-state index is 0.0586. The lowest BCUT2D eigenvalue weighted by molar-refractivity contribution is -0.117. The number of aromatic nitrogens is 2. The summed E-state index contributed by atoms with van der Waals surface area (Å²) in [5, 5.41) is 3.68. The van der Waals surface area contributed by atoms with E-state index in [-0.39, 0.29) is 17.6 Å². The van der Waals surface area contributed by atoms with Crippen molar-refractivity contribution in [2.24, 2.45) is 7.05 Å². The number of rotatable bonds is 4. The lowest BCUT2D eigenvalue weighted by atomic mass is 10.1. The Hall–Kier alpha value is -2.77. The maximum absolute atomic E-state index is 12.6. The maximum Gasteiger partial charge on any atom is 0.326 e. The third-order valence-electron chi connectivity index (χ3n) is 5.49. The third-order valence-corrected chi connectivity index (χ3v) is 5.74. The summed E-state index contributed by atoms with van der Waals surface area (Å²) in [7, 11) is 1.70. The van der Waals surface area contributed by atoms with E-state index >= 15 is 0 Å². The first kappa shape index (κ1) is 19.5. The number of imidazole rings is 1. The number of anilines is 2. The van der Waals surface area contributed by atoms with E-state index < -0.39 is 0 Å². The monoisotopic (exact) mass is 413 g/mol. The van der Waals surface area contributed by atoms with Gasteiger partial charge in [-0.05, 0) is 49.4 Å². The highest BCUT2D eigenvalue weighted by Gasteiger charge is 2.25. The summed E-state index contributed by atoms with van der Waals surface area (Å²) in [4.78, 5) is 31.6. The van der Waals surface area contributed by atoms with Crippen LogP contribution in [0.2, 0.25) is 5.02 Å². The van der Waals surface area contributed by atoms with Crippen LogP contribution in [0.15, 0.2) is 47.3 Å². The van der Waals surface area contributed by atoms with Crippen molar-refractivity contribution in [1.82, 2.24) is 14.5 Å². The zero-order valence-corrected chi connectivity index (χ0v) is 17.2. The Balaban J connectivity index is 1.37. The first-order chi connectivity index (χ1) is 13.9. The largest absolute Gasteiger partial charge is 0.369 e. The van der Waals surface area contributed by atoms with Gasteiger partial charge in [-0.15, -0.1) is 0 Å². The molecule has 1 fully saturated rings. The molecule has 1 saturated heterocycles. The molecule has 2 aromatic carbocycles. The summed E-state index contributed by atoms with van der Waals surface area (Å²) in [6.45, 7) is 4.99. The number of halogens is 1. The first-order valence-electron chi connectivity index (χ1n) is 9.64. The molecule has 2 heterocycles. The van der Waals surface area contributed by atoms with Crippen LogP contribution in [0.4, 0.5) is 11.4 Å². The molecule has 152 valence electrons. The summed E-state index contributed by atoms with van der Waals surface area (Å²) in [5.41, 5.74) is 3.18. The molecule has 0 unspecified atom stereocenters. The van der Waals surface area contributed by atoms with Crippen LogP contribution < -0.4 is 15.9 Å². The van der Waals surface area contributed by atoms with E-state index in [1.54, 1.807) is 19.2 Å². The van der Waals surface area contributed by atoms with Crippen molar-refractivity contribution in [2.45, 2.75) is 13.0 Å². The summed E-state index contributed by atoms with van der Waals surface area (Å²) in [5.74, 6) is -0.0586. The number of piperazine rings is 1. The average Bonchev–Trinajstić information content (AvgIpc) is 2.98. The van der Waals surface area contributed by atoms with Crippen LogP contribution >= 0.6 is 11.6 Å². The minimum atomic E-state index is -0.171. The standard InChI is InChI=1S/C21H24ClN5O2/c1-14-12-27(17-6-3-15(22)4-7-17)10-9-26(14)13-20(28)23-16-5-8-18-19(11-16)25(2)21(29)24-18/h3-8,11,14H,9-10,12-13H2,1-2H3,(H,23,28)(H,24,29)/t14-/m1/s1. The van der Waals surface area contributed by atoms with E-state index in [0.717, 1.165) is 41.4 Å². The van der Waals surface area contributed by atoms with Crippen molar-refractivity contribution in [3.8, 4) is 0 Å². The predicted molar refractivity (Wildman–Crippen MR) is 117 cm³/mol. The van der Waals surface area contributed by atoms with E-state index in [2.05, 4.69) is 27.0 Å². The Morgan fingerprint density at radius 2 is 1.97 bits per heavy atom. The number of aromatic amines is 1. The van der Waals surface area contributed by atoms with E-state index in [1.807, 2.05) is 30.3 Å². The molecule has 0 radical (unpaired) electrons. The molecule has 1 amide bonds. The zero-order valence-electron chi connectivity index (χ0n) is 16.5. The number of nitrogens with zero attached hydrogens (tertiary/aromatic N) is 3. The minimum Gasteiger partial charge on any atom is -0.369 e. The first-order valence-corrected chi connectivity index (χ1v) is 10.0. The fourth-order valence-electron chi connectivity index (χ4n) is 3.80.